The zero-order valence-electron chi connectivity index (χ0n) is 11.7. The maximum absolute atomic E-state index is 11.9. The van der Waals surface area contributed by atoms with Gasteiger partial charge in [-0.05, 0) is 50.9 Å². The number of rotatable bonds is 4. The average molecular weight is 262 g/mol. The lowest BCUT2D eigenvalue weighted by molar-refractivity contribution is -0.128. The highest BCUT2D eigenvalue weighted by atomic mass is 16.5. The van der Waals surface area contributed by atoms with E-state index in [4.69, 9.17) is 4.74 Å². The minimum Gasteiger partial charge on any atom is -0.364 e. The molecule has 1 heterocycles. The number of aryl methyl sites for hydroxylation is 1. The number of ether oxygens (including phenoxy) is 1. The standard InChI is InChI=1S/C15H22N2O2/c1-12-5-3-6-13(9-12)17-14(18)10-19-15(2)7-4-8-16-11-15/h3,5-6,9,16H,4,7-8,10-11H2,1-2H3,(H,17,18). The van der Waals surface area contributed by atoms with Crippen molar-refractivity contribution in [3.8, 4) is 0 Å². The van der Waals surface area contributed by atoms with Gasteiger partial charge in [0.05, 0.1) is 5.60 Å². The first-order valence-corrected chi connectivity index (χ1v) is 6.79. The van der Waals surface area contributed by atoms with Gasteiger partial charge in [-0.3, -0.25) is 4.79 Å². The molecule has 0 aliphatic carbocycles. The third-order valence-electron chi connectivity index (χ3n) is 3.41. The summed E-state index contributed by atoms with van der Waals surface area (Å²) in [4.78, 5) is 11.9. The van der Waals surface area contributed by atoms with Crippen LogP contribution in [-0.2, 0) is 9.53 Å². The molecule has 1 amide bonds. The maximum atomic E-state index is 11.9. The number of hydrogen-bond acceptors (Lipinski definition) is 3. The summed E-state index contributed by atoms with van der Waals surface area (Å²) in [6, 6.07) is 7.76. The van der Waals surface area contributed by atoms with Crippen LogP contribution in [0.25, 0.3) is 0 Å². The van der Waals surface area contributed by atoms with Gasteiger partial charge in [-0.1, -0.05) is 12.1 Å². The highest BCUT2D eigenvalue weighted by Crippen LogP contribution is 2.20. The molecule has 1 unspecified atom stereocenters. The number of hydrogen-bond donors (Lipinski definition) is 2. The summed E-state index contributed by atoms with van der Waals surface area (Å²) in [5.74, 6) is -0.0996. The molecular weight excluding hydrogens is 240 g/mol. The van der Waals surface area contributed by atoms with Crippen LogP contribution in [0.3, 0.4) is 0 Å². The van der Waals surface area contributed by atoms with Crippen molar-refractivity contribution in [2.75, 3.05) is 25.0 Å². The molecule has 0 aromatic heterocycles. The van der Waals surface area contributed by atoms with Gasteiger partial charge in [-0.25, -0.2) is 0 Å². The van der Waals surface area contributed by atoms with Gasteiger partial charge in [0, 0.05) is 12.2 Å². The monoisotopic (exact) mass is 262 g/mol. The normalized spacial score (nSPS) is 23.1. The Morgan fingerprint density at radius 2 is 2.37 bits per heavy atom. The molecule has 1 saturated heterocycles. The van der Waals surface area contributed by atoms with Crippen LogP contribution in [0.15, 0.2) is 24.3 Å². The van der Waals surface area contributed by atoms with E-state index < -0.39 is 0 Å². The van der Waals surface area contributed by atoms with Crippen molar-refractivity contribution in [1.29, 1.82) is 0 Å². The minimum absolute atomic E-state index is 0.0996. The van der Waals surface area contributed by atoms with E-state index in [2.05, 4.69) is 17.6 Å². The van der Waals surface area contributed by atoms with Crippen molar-refractivity contribution in [3.63, 3.8) is 0 Å². The van der Waals surface area contributed by atoms with Gasteiger partial charge in [0.1, 0.15) is 6.61 Å². The molecule has 1 aromatic carbocycles. The lowest BCUT2D eigenvalue weighted by Gasteiger charge is -2.33. The van der Waals surface area contributed by atoms with Gasteiger partial charge in [0.25, 0.3) is 0 Å². The van der Waals surface area contributed by atoms with E-state index in [9.17, 15) is 4.79 Å². The highest BCUT2D eigenvalue weighted by molar-refractivity contribution is 5.91. The number of carbonyl (C=O) groups is 1. The SMILES string of the molecule is Cc1cccc(NC(=O)COC2(C)CCCNC2)c1. The summed E-state index contributed by atoms with van der Waals surface area (Å²) in [6.07, 6.45) is 2.09. The van der Waals surface area contributed by atoms with Gasteiger partial charge < -0.3 is 15.4 Å². The predicted octanol–water partition coefficient (Wildman–Crippen LogP) is 2.09. The van der Waals surface area contributed by atoms with Crippen LogP contribution in [0, 0.1) is 6.92 Å². The molecule has 0 bridgehead atoms. The summed E-state index contributed by atoms with van der Waals surface area (Å²) in [5, 5.41) is 6.15. The third kappa shape index (κ3) is 4.33. The first-order chi connectivity index (χ1) is 9.07. The number of benzene rings is 1. The van der Waals surface area contributed by atoms with Gasteiger partial charge >= 0.3 is 0 Å². The van der Waals surface area contributed by atoms with E-state index in [-0.39, 0.29) is 18.1 Å². The van der Waals surface area contributed by atoms with E-state index >= 15 is 0 Å². The summed E-state index contributed by atoms with van der Waals surface area (Å²) < 4.78 is 5.76. The fraction of sp³-hybridized carbons (Fsp3) is 0.533. The Morgan fingerprint density at radius 3 is 3.05 bits per heavy atom. The van der Waals surface area contributed by atoms with Crippen LogP contribution in [0.1, 0.15) is 25.3 Å². The Balaban J connectivity index is 1.81. The van der Waals surface area contributed by atoms with E-state index in [1.807, 2.05) is 31.2 Å². The second-order valence-electron chi connectivity index (χ2n) is 5.44. The van der Waals surface area contributed by atoms with Crippen LogP contribution in [0.4, 0.5) is 5.69 Å². The molecule has 2 rings (SSSR count). The molecule has 0 radical (unpaired) electrons. The molecule has 2 N–H and O–H groups in total. The van der Waals surface area contributed by atoms with Crippen molar-refractivity contribution in [3.05, 3.63) is 29.8 Å². The summed E-state index contributed by atoms with van der Waals surface area (Å²) in [6.45, 7) is 6.01. The Morgan fingerprint density at radius 1 is 1.53 bits per heavy atom. The summed E-state index contributed by atoms with van der Waals surface area (Å²) >= 11 is 0. The van der Waals surface area contributed by atoms with Crippen molar-refractivity contribution in [1.82, 2.24) is 5.32 Å². The molecule has 1 fully saturated rings. The van der Waals surface area contributed by atoms with E-state index in [0.29, 0.717) is 0 Å². The van der Waals surface area contributed by atoms with Crippen LogP contribution in [0.5, 0.6) is 0 Å². The molecule has 0 saturated carbocycles. The Bertz CT molecular complexity index is 440. The molecule has 1 aromatic rings. The molecule has 4 nitrogen and oxygen atoms in total. The topological polar surface area (TPSA) is 50.4 Å². The smallest absolute Gasteiger partial charge is 0.250 e. The van der Waals surface area contributed by atoms with Crippen LogP contribution >= 0.6 is 0 Å². The van der Waals surface area contributed by atoms with Crippen LogP contribution in [-0.4, -0.2) is 31.2 Å². The van der Waals surface area contributed by atoms with Crippen molar-refractivity contribution >= 4 is 11.6 Å². The minimum atomic E-state index is -0.220. The molecular formula is C15H22N2O2. The van der Waals surface area contributed by atoms with Crippen LogP contribution < -0.4 is 10.6 Å². The van der Waals surface area contributed by atoms with Crippen LogP contribution in [0.2, 0.25) is 0 Å². The molecule has 104 valence electrons. The second kappa shape index (κ2) is 6.17. The fourth-order valence-electron chi connectivity index (χ4n) is 2.31. The number of anilines is 1. The van der Waals surface area contributed by atoms with Gasteiger partial charge in [0.15, 0.2) is 0 Å². The highest BCUT2D eigenvalue weighted by Gasteiger charge is 2.28. The molecule has 1 atom stereocenters. The zero-order valence-corrected chi connectivity index (χ0v) is 11.7. The molecule has 0 spiro atoms. The van der Waals surface area contributed by atoms with E-state index in [1.54, 1.807) is 0 Å². The first-order valence-electron chi connectivity index (χ1n) is 6.79. The van der Waals surface area contributed by atoms with Gasteiger partial charge in [0.2, 0.25) is 5.91 Å². The molecule has 19 heavy (non-hydrogen) atoms. The molecule has 1 aliphatic rings. The second-order valence-corrected chi connectivity index (χ2v) is 5.44. The molecule has 4 heteroatoms. The fourth-order valence-corrected chi connectivity index (χ4v) is 2.31. The Hall–Kier alpha value is -1.39. The zero-order chi connectivity index (χ0) is 13.7. The van der Waals surface area contributed by atoms with Crippen molar-refractivity contribution < 1.29 is 9.53 Å². The third-order valence-corrected chi connectivity index (χ3v) is 3.41. The first kappa shape index (κ1) is 14.0. The predicted molar refractivity (Wildman–Crippen MR) is 76.3 cm³/mol. The average Bonchev–Trinajstić information content (AvgIpc) is 2.38. The summed E-state index contributed by atoms with van der Waals surface area (Å²) in [7, 11) is 0. The number of amides is 1. The van der Waals surface area contributed by atoms with Gasteiger partial charge in [-0.15, -0.1) is 0 Å². The van der Waals surface area contributed by atoms with E-state index in [0.717, 1.165) is 37.2 Å². The van der Waals surface area contributed by atoms with E-state index in [1.165, 1.54) is 0 Å². The quantitative estimate of drug-likeness (QED) is 0.873. The molecule has 1 aliphatic heterocycles. The summed E-state index contributed by atoms with van der Waals surface area (Å²) in [5.41, 5.74) is 1.73. The maximum Gasteiger partial charge on any atom is 0.250 e. The van der Waals surface area contributed by atoms with Gasteiger partial charge in [-0.2, -0.15) is 0 Å². The lowest BCUT2D eigenvalue weighted by Crippen LogP contribution is -2.46. The lowest BCUT2D eigenvalue weighted by atomic mass is 9.96. The van der Waals surface area contributed by atoms with Crippen molar-refractivity contribution in [2.24, 2.45) is 0 Å². The number of carbonyl (C=O) groups excluding carboxylic acids is 1. The Kier molecular flexibility index (Phi) is 4.56. The largest absolute Gasteiger partial charge is 0.364 e. The Labute approximate surface area is 114 Å². The van der Waals surface area contributed by atoms with Crippen molar-refractivity contribution in [2.45, 2.75) is 32.3 Å². The number of piperidine rings is 1. The number of nitrogens with one attached hydrogen (secondary N) is 2.